The third-order valence-electron chi connectivity index (χ3n) is 9.72. The molecule has 0 saturated carbocycles. The average molecular weight is 869 g/mol. The van der Waals surface area contributed by atoms with E-state index in [1.165, 1.54) is 38.5 Å². The summed E-state index contributed by atoms with van der Waals surface area (Å²) in [5.41, 5.74) is 0. The monoisotopic (exact) mass is 869 g/mol. The molecule has 0 aromatic heterocycles. The Hall–Kier alpha value is -2.84. The van der Waals surface area contributed by atoms with Crippen LogP contribution in [0.15, 0.2) is 109 Å². The van der Waals surface area contributed by atoms with Gasteiger partial charge in [-0.25, -0.2) is 0 Å². The van der Waals surface area contributed by atoms with E-state index in [0.717, 1.165) is 103 Å². The lowest BCUT2D eigenvalue weighted by Crippen LogP contribution is -2.45. The van der Waals surface area contributed by atoms with Gasteiger partial charge in [0, 0.05) is 6.42 Å². The minimum Gasteiger partial charge on any atom is -0.756 e. The minimum atomic E-state index is -4.61. The van der Waals surface area contributed by atoms with Gasteiger partial charge in [-0.1, -0.05) is 175 Å². The van der Waals surface area contributed by atoms with E-state index >= 15 is 0 Å². The van der Waals surface area contributed by atoms with Crippen molar-refractivity contribution in [2.24, 2.45) is 0 Å². The van der Waals surface area contributed by atoms with Crippen molar-refractivity contribution >= 4 is 13.7 Å². The molecular weight excluding hydrogens is 780 g/mol. The van der Waals surface area contributed by atoms with Crippen LogP contribution in [0.3, 0.4) is 0 Å². The Balaban J connectivity index is 4.38. The predicted octanol–water partition coefficient (Wildman–Crippen LogP) is 13.1. The minimum absolute atomic E-state index is 0.0171. The number of quaternary nitrogens is 1. The number of phosphoric acid groups is 1. The van der Waals surface area contributed by atoms with E-state index in [4.69, 9.17) is 9.05 Å². The van der Waals surface area contributed by atoms with Crippen LogP contribution in [0.2, 0.25) is 0 Å². The summed E-state index contributed by atoms with van der Waals surface area (Å²) in [4.78, 5) is 25.3. The Morgan fingerprint density at radius 3 is 1.52 bits per heavy atom. The van der Waals surface area contributed by atoms with Crippen molar-refractivity contribution in [3.63, 3.8) is 0 Å². The zero-order valence-electron chi connectivity index (χ0n) is 39.3. The normalized spacial score (nSPS) is 15.2. The topological polar surface area (TPSA) is 108 Å². The molecule has 348 valence electrons. The van der Waals surface area contributed by atoms with Crippen LogP contribution in [0.25, 0.3) is 0 Å². The van der Waals surface area contributed by atoms with Crippen molar-refractivity contribution in [3.8, 4) is 0 Å². The van der Waals surface area contributed by atoms with Crippen LogP contribution in [0.5, 0.6) is 0 Å². The highest BCUT2D eigenvalue weighted by molar-refractivity contribution is 7.45. The first-order chi connectivity index (χ1) is 29.5. The molecule has 0 heterocycles. The van der Waals surface area contributed by atoms with E-state index in [-0.39, 0.29) is 12.5 Å². The van der Waals surface area contributed by atoms with Crippen molar-refractivity contribution in [3.05, 3.63) is 109 Å². The molecule has 2 N–H and O–H groups in total. The number of carbonyl (C=O) groups excluding carboxylic acids is 1. The van der Waals surface area contributed by atoms with Gasteiger partial charge in [0.05, 0.1) is 39.9 Å². The fourth-order valence-electron chi connectivity index (χ4n) is 5.97. The van der Waals surface area contributed by atoms with Gasteiger partial charge in [-0.15, -0.1) is 0 Å². The number of likely N-dealkylation sites (N-methyl/N-ethyl adjacent to an activating group) is 1. The maximum Gasteiger partial charge on any atom is 0.268 e. The molecule has 0 aliphatic rings. The van der Waals surface area contributed by atoms with Crippen LogP contribution < -0.4 is 10.2 Å². The van der Waals surface area contributed by atoms with Gasteiger partial charge in [-0.05, 0) is 89.9 Å². The summed E-state index contributed by atoms with van der Waals surface area (Å²) in [7, 11) is 1.21. The Labute approximate surface area is 374 Å². The van der Waals surface area contributed by atoms with Gasteiger partial charge in [0.25, 0.3) is 7.82 Å². The highest BCUT2D eigenvalue weighted by atomic mass is 31.2. The molecule has 0 aromatic rings. The SMILES string of the molecule is CC/C=C\C/C=C\C/C=C\C/C=C\C/C=C\C/C=C\C/C=C\CCCCCCCC(=O)NC(COP(=O)([O-])OCC[N+](C)(C)C)C(O)/C=C/CC/C=C/CCCCCCCC. The molecule has 61 heavy (non-hydrogen) atoms. The summed E-state index contributed by atoms with van der Waals surface area (Å²) in [6, 6.07) is -0.920. The van der Waals surface area contributed by atoms with E-state index < -0.39 is 26.6 Å². The van der Waals surface area contributed by atoms with Crippen LogP contribution in [0, 0.1) is 0 Å². The van der Waals surface area contributed by atoms with Gasteiger partial charge in [0.2, 0.25) is 5.91 Å². The van der Waals surface area contributed by atoms with E-state index in [1.54, 1.807) is 6.08 Å². The van der Waals surface area contributed by atoms with Gasteiger partial charge in [-0.2, -0.15) is 0 Å². The molecule has 8 nitrogen and oxygen atoms in total. The third-order valence-corrected chi connectivity index (χ3v) is 10.7. The number of hydrogen-bond acceptors (Lipinski definition) is 6. The number of rotatable bonds is 41. The third kappa shape index (κ3) is 45.0. The molecule has 0 bridgehead atoms. The van der Waals surface area contributed by atoms with E-state index in [1.807, 2.05) is 27.2 Å². The largest absolute Gasteiger partial charge is 0.756 e. The Morgan fingerprint density at radius 1 is 0.590 bits per heavy atom. The summed E-state index contributed by atoms with van der Waals surface area (Å²) in [5, 5.41) is 13.7. The van der Waals surface area contributed by atoms with Gasteiger partial charge in [0.15, 0.2) is 0 Å². The van der Waals surface area contributed by atoms with Gasteiger partial charge < -0.3 is 28.8 Å². The Kier molecular flexibility index (Phi) is 40.5. The van der Waals surface area contributed by atoms with Crippen molar-refractivity contribution in [1.82, 2.24) is 5.32 Å². The number of carbonyl (C=O) groups is 1. The molecule has 1 amide bonds. The number of phosphoric ester groups is 1. The van der Waals surface area contributed by atoms with Crippen molar-refractivity contribution < 1.29 is 32.9 Å². The lowest BCUT2D eigenvalue weighted by Gasteiger charge is -2.29. The number of nitrogens with one attached hydrogen (secondary N) is 1. The lowest BCUT2D eigenvalue weighted by atomic mass is 10.1. The smallest absolute Gasteiger partial charge is 0.268 e. The van der Waals surface area contributed by atoms with Crippen LogP contribution in [0.1, 0.15) is 162 Å². The van der Waals surface area contributed by atoms with Gasteiger partial charge >= 0.3 is 0 Å². The molecule has 0 rings (SSSR count). The molecule has 0 radical (unpaired) electrons. The molecule has 0 saturated heterocycles. The van der Waals surface area contributed by atoms with Gasteiger partial charge in [-0.3, -0.25) is 9.36 Å². The van der Waals surface area contributed by atoms with E-state index in [9.17, 15) is 19.4 Å². The van der Waals surface area contributed by atoms with Gasteiger partial charge in [0.1, 0.15) is 13.2 Å². The second-order valence-electron chi connectivity index (χ2n) is 16.7. The van der Waals surface area contributed by atoms with E-state index in [0.29, 0.717) is 17.4 Å². The molecule has 0 fully saturated rings. The molecule has 3 atom stereocenters. The Morgan fingerprint density at radius 2 is 1.02 bits per heavy atom. The number of aliphatic hydroxyl groups is 1. The highest BCUT2D eigenvalue weighted by Crippen LogP contribution is 2.38. The second kappa shape index (κ2) is 42.5. The molecule has 0 aliphatic heterocycles. The standard InChI is InChI=1S/C52H89N2O6P/c1-6-8-10-12-14-16-18-20-21-22-23-24-25-26-27-28-29-30-31-32-33-34-36-38-40-42-44-46-52(56)53-50(49-60-61(57,58)59-48-47-54(3,4)5)51(55)45-43-41-39-37-35-19-17-15-13-11-9-7-2/h8,10,14,16,20-21,23-24,26-27,29-30,32-33,35,37,43,45,50-51,55H,6-7,9,11-13,15,17-19,22,25,28,31,34,36,38-42,44,46-49H2,1-5H3,(H-,53,56,57,58)/b10-8-,16-14-,21-20-,24-23-,27-26-,30-29-,33-32-,37-35+,45-43+. The Bertz CT molecular complexity index is 1350. The summed E-state index contributed by atoms with van der Waals surface area (Å²) in [6.45, 7) is 4.44. The van der Waals surface area contributed by atoms with E-state index in [2.05, 4.69) is 116 Å². The van der Waals surface area contributed by atoms with Crippen molar-refractivity contribution in [2.45, 2.75) is 174 Å². The first kappa shape index (κ1) is 58.2. The number of unbranched alkanes of at least 4 members (excludes halogenated alkanes) is 12. The quantitative estimate of drug-likeness (QED) is 0.0274. The van der Waals surface area contributed by atoms with Crippen molar-refractivity contribution in [2.75, 3.05) is 40.9 Å². The second-order valence-corrected chi connectivity index (χ2v) is 18.1. The number of amides is 1. The molecular formula is C52H89N2O6P. The average Bonchev–Trinajstić information content (AvgIpc) is 3.21. The first-order valence-corrected chi connectivity index (χ1v) is 25.2. The molecule has 3 unspecified atom stereocenters. The predicted molar refractivity (Wildman–Crippen MR) is 260 cm³/mol. The fraction of sp³-hybridized carbons (Fsp3) is 0.635. The zero-order valence-corrected chi connectivity index (χ0v) is 40.2. The summed E-state index contributed by atoms with van der Waals surface area (Å²) in [5.74, 6) is -0.234. The number of hydrogen-bond donors (Lipinski definition) is 2. The fourth-order valence-corrected chi connectivity index (χ4v) is 6.69. The van der Waals surface area contributed by atoms with Crippen LogP contribution in [-0.4, -0.2) is 68.5 Å². The summed E-state index contributed by atoms with van der Waals surface area (Å²) in [6.07, 6.45) is 61.4. The maximum atomic E-state index is 12.9. The molecule has 0 aromatic carbocycles. The van der Waals surface area contributed by atoms with Crippen LogP contribution in [-0.2, 0) is 18.4 Å². The summed E-state index contributed by atoms with van der Waals surface area (Å²) < 4.78 is 23.2. The first-order valence-electron chi connectivity index (χ1n) is 23.7. The maximum absolute atomic E-state index is 12.9. The summed E-state index contributed by atoms with van der Waals surface area (Å²) >= 11 is 0. The van der Waals surface area contributed by atoms with Crippen molar-refractivity contribution in [1.29, 1.82) is 0 Å². The number of nitrogens with zero attached hydrogens (tertiary/aromatic N) is 1. The van der Waals surface area contributed by atoms with Crippen LogP contribution >= 0.6 is 7.82 Å². The zero-order chi connectivity index (χ0) is 45.0. The number of allylic oxidation sites excluding steroid dienone is 17. The van der Waals surface area contributed by atoms with Crippen LogP contribution in [0.4, 0.5) is 0 Å². The molecule has 9 heteroatoms. The molecule has 0 aliphatic carbocycles. The molecule has 0 spiro atoms. The highest BCUT2D eigenvalue weighted by Gasteiger charge is 2.23. The number of aliphatic hydroxyl groups excluding tert-OH is 1. The lowest BCUT2D eigenvalue weighted by molar-refractivity contribution is -0.870.